The first-order valence-corrected chi connectivity index (χ1v) is 7.53. The van der Waals surface area contributed by atoms with Crippen molar-refractivity contribution in [1.29, 1.82) is 0 Å². The van der Waals surface area contributed by atoms with Crippen LogP contribution in [0.1, 0.15) is 33.1 Å². The van der Waals surface area contributed by atoms with Gasteiger partial charge in [-0.05, 0) is 43.0 Å². The molecule has 106 valence electrons. The van der Waals surface area contributed by atoms with E-state index >= 15 is 0 Å². The zero-order valence-electron chi connectivity index (χ0n) is 12.2. The fourth-order valence-electron chi connectivity index (χ4n) is 2.75. The molecule has 3 nitrogen and oxygen atoms in total. The highest BCUT2D eigenvalue weighted by Crippen LogP contribution is 2.28. The largest absolute Gasteiger partial charge is 0.347 e. The SMILES string of the molecule is CC(C)Cn1ccc2cc(NC(=O)C3CCC3)ccc21. The van der Waals surface area contributed by atoms with E-state index in [9.17, 15) is 4.79 Å². The molecule has 0 spiro atoms. The highest BCUT2D eigenvalue weighted by molar-refractivity contribution is 5.95. The maximum absolute atomic E-state index is 12.0. The Kier molecular flexibility index (Phi) is 3.51. The van der Waals surface area contributed by atoms with Crippen LogP contribution >= 0.6 is 0 Å². The molecule has 0 radical (unpaired) electrons. The van der Waals surface area contributed by atoms with Gasteiger partial charge in [0.15, 0.2) is 0 Å². The number of benzene rings is 1. The molecule has 2 aromatic rings. The summed E-state index contributed by atoms with van der Waals surface area (Å²) < 4.78 is 2.28. The summed E-state index contributed by atoms with van der Waals surface area (Å²) in [4.78, 5) is 12.0. The van der Waals surface area contributed by atoms with Gasteiger partial charge in [-0.25, -0.2) is 0 Å². The topological polar surface area (TPSA) is 34.0 Å². The summed E-state index contributed by atoms with van der Waals surface area (Å²) in [5, 5.41) is 4.23. The van der Waals surface area contributed by atoms with Crippen molar-refractivity contribution in [2.24, 2.45) is 11.8 Å². The van der Waals surface area contributed by atoms with Crippen LogP contribution in [0.15, 0.2) is 30.5 Å². The average Bonchev–Trinajstić information content (AvgIpc) is 2.68. The Morgan fingerprint density at radius 2 is 2.15 bits per heavy atom. The van der Waals surface area contributed by atoms with E-state index < -0.39 is 0 Å². The van der Waals surface area contributed by atoms with E-state index in [0.717, 1.165) is 25.1 Å². The molecule has 0 saturated heterocycles. The van der Waals surface area contributed by atoms with Gasteiger partial charge in [-0.15, -0.1) is 0 Å². The highest BCUT2D eigenvalue weighted by Gasteiger charge is 2.25. The normalized spacial score (nSPS) is 15.6. The Morgan fingerprint density at radius 1 is 1.35 bits per heavy atom. The fourth-order valence-corrected chi connectivity index (χ4v) is 2.75. The molecule has 0 bridgehead atoms. The standard InChI is InChI=1S/C17H22N2O/c1-12(2)11-19-9-8-14-10-15(6-7-16(14)19)18-17(20)13-4-3-5-13/h6-10,12-13H,3-5,11H2,1-2H3,(H,18,20). The van der Waals surface area contributed by atoms with Gasteiger partial charge < -0.3 is 9.88 Å². The number of nitrogens with one attached hydrogen (secondary N) is 1. The summed E-state index contributed by atoms with van der Waals surface area (Å²) in [5.41, 5.74) is 2.15. The van der Waals surface area contributed by atoms with Crippen molar-refractivity contribution in [2.75, 3.05) is 5.32 Å². The van der Waals surface area contributed by atoms with Crippen LogP contribution in [-0.4, -0.2) is 10.5 Å². The second-order valence-electron chi connectivity index (χ2n) is 6.25. The molecule has 0 unspecified atom stereocenters. The molecule has 1 aromatic carbocycles. The van der Waals surface area contributed by atoms with Crippen molar-refractivity contribution < 1.29 is 4.79 Å². The molecule has 1 amide bonds. The van der Waals surface area contributed by atoms with Gasteiger partial charge in [0.2, 0.25) is 5.91 Å². The van der Waals surface area contributed by atoms with Gasteiger partial charge >= 0.3 is 0 Å². The Balaban J connectivity index is 1.78. The molecule has 1 N–H and O–H groups in total. The fraction of sp³-hybridized carbons (Fsp3) is 0.471. The van der Waals surface area contributed by atoms with E-state index in [4.69, 9.17) is 0 Å². The Bertz CT molecular complexity index is 623. The lowest BCUT2D eigenvalue weighted by Crippen LogP contribution is -2.27. The van der Waals surface area contributed by atoms with E-state index in [1.807, 2.05) is 6.07 Å². The maximum atomic E-state index is 12.0. The first-order valence-electron chi connectivity index (χ1n) is 7.53. The van der Waals surface area contributed by atoms with E-state index in [1.165, 1.54) is 17.3 Å². The van der Waals surface area contributed by atoms with Gasteiger partial charge in [-0.3, -0.25) is 4.79 Å². The third-order valence-corrected chi connectivity index (χ3v) is 4.08. The number of hydrogen-bond acceptors (Lipinski definition) is 1. The minimum atomic E-state index is 0.178. The number of hydrogen-bond donors (Lipinski definition) is 1. The number of carbonyl (C=O) groups excluding carboxylic acids is 1. The lowest BCUT2D eigenvalue weighted by Gasteiger charge is -2.24. The van der Waals surface area contributed by atoms with E-state index in [0.29, 0.717) is 5.92 Å². The number of amides is 1. The van der Waals surface area contributed by atoms with Crippen LogP contribution in [0.5, 0.6) is 0 Å². The quantitative estimate of drug-likeness (QED) is 0.894. The lowest BCUT2D eigenvalue weighted by atomic mass is 9.85. The zero-order chi connectivity index (χ0) is 14.1. The van der Waals surface area contributed by atoms with Crippen LogP contribution in [-0.2, 0) is 11.3 Å². The van der Waals surface area contributed by atoms with Crippen LogP contribution in [0, 0.1) is 11.8 Å². The number of anilines is 1. The monoisotopic (exact) mass is 270 g/mol. The maximum Gasteiger partial charge on any atom is 0.227 e. The second kappa shape index (κ2) is 5.31. The van der Waals surface area contributed by atoms with Crippen LogP contribution in [0.4, 0.5) is 5.69 Å². The molecule has 1 aromatic heterocycles. The number of carbonyl (C=O) groups is 1. The Labute approximate surface area is 120 Å². The number of rotatable bonds is 4. The van der Waals surface area contributed by atoms with E-state index in [-0.39, 0.29) is 11.8 Å². The number of nitrogens with zero attached hydrogens (tertiary/aromatic N) is 1. The van der Waals surface area contributed by atoms with Gasteiger partial charge in [0.25, 0.3) is 0 Å². The van der Waals surface area contributed by atoms with Gasteiger partial charge in [0, 0.05) is 35.2 Å². The van der Waals surface area contributed by atoms with Crippen molar-refractivity contribution in [3.63, 3.8) is 0 Å². The van der Waals surface area contributed by atoms with Crippen molar-refractivity contribution in [2.45, 2.75) is 39.7 Å². The molecule has 1 fully saturated rings. The molecule has 1 saturated carbocycles. The summed E-state index contributed by atoms with van der Waals surface area (Å²) in [6, 6.07) is 8.31. The molecule has 20 heavy (non-hydrogen) atoms. The minimum Gasteiger partial charge on any atom is -0.347 e. The first-order chi connectivity index (χ1) is 9.63. The third-order valence-electron chi connectivity index (χ3n) is 4.08. The molecular weight excluding hydrogens is 248 g/mol. The molecule has 1 aliphatic carbocycles. The summed E-state index contributed by atoms with van der Waals surface area (Å²) in [6.45, 7) is 5.47. The van der Waals surface area contributed by atoms with Crippen molar-refractivity contribution in [3.05, 3.63) is 30.5 Å². The molecule has 1 aliphatic rings. The van der Waals surface area contributed by atoms with Gasteiger partial charge in [0.05, 0.1) is 0 Å². The third kappa shape index (κ3) is 2.58. The second-order valence-corrected chi connectivity index (χ2v) is 6.25. The first kappa shape index (κ1) is 13.2. The Morgan fingerprint density at radius 3 is 2.80 bits per heavy atom. The molecule has 0 aliphatic heterocycles. The van der Waals surface area contributed by atoms with Gasteiger partial charge in [-0.1, -0.05) is 20.3 Å². The summed E-state index contributed by atoms with van der Waals surface area (Å²) in [6.07, 6.45) is 5.40. The zero-order valence-corrected chi connectivity index (χ0v) is 12.2. The van der Waals surface area contributed by atoms with Gasteiger partial charge in [0.1, 0.15) is 0 Å². The molecule has 3 rings (SSSR count). The molecule has 3 heteroatoms. The van der Waals surface area contributed by atoms with Gasteiger partial charge in [-0.2, -0.15) is 0 Å². The smallest absolute Gasteiger partial charge is 0.227 e. The predicted molar refractivity (Wildman–Crippen MR) is 82.7 cm³/mol. The summed E-state index contributed by atoms with van der Waals surface area (Å²) in [5.74, 6) is 1.04. The Hall–Kier alpha value is -1.77. The van der Waals surface area contributed by atoms with Crippen molar-refractivity contribution >= 4 is 22.5 Å². The minimum absolute atomic E-state index is 0.178. The van der Waals surface area contributed by atoms with Crippen LogP contribution in [0.25, 0.3) is 10.9 Å². The molecule has 0 atom stereocenters. The summed E-state index contributed by atoms with van der Waals surface area (Å²) in [7, 11) is 0. The summed E-state index contributed by atoms with van der Waals surface area (Å²) >= 11 is 0. The van der Waals surface area contributed by atoms with Crippen molar-refractivity contribution in [3.8, 4) is 0 Å². The number of aromatic nitrogens is 1. The average molecular weight is 270 g/mol. The predicted octanol–water partition coefficient (Wildman–Crippen LogP) is 4.04. The highest BCUT2D eigenvalue weighted by atomic mass is 16.1. The lowest BCUT2D eigenvalue weighted by molar-refractivity contribution is -0.122. The van der Waals surface area contributed by atoms with Crippen molar-refractivity contribution in [1.82, 2.24) is 4.57 Å². The number of fused-ring (bicyclic) bond motifs is 1. The molecule has 1 heterocycles. The van der Waals surface area contributed by atoms with Crippen LogP contribution < -0.4 is 5.32 Å². The van der Waals surface area contributed by atoms with E-state index in [2.05, 4.69) is 48.1 Å². The van der Waals surface area contributed by atoms with Crippen LogP contribution in [0.2, 0.25) is 0 Å². The van der Waals surface area contributed by atoms with Crippen LogP contribution in [0.3, 0.4) is 0 Å². The van der Waals surface area contributed by atoms with E-state index in [1.54, 1.807) is 0 Å². The molecular formula is C17H22N2O.